The first-order valence-electron chi connectivity index (χ1n) is 11.5. The van der Waals surface area contributed by atoms with Crippen molar-refractivity contribution in [3.63, 3.8) is 0 Å². The highest BCUT2D eigenvalue weighted by molar-refractivity contribution is 6.01. The second kappa shape index (κ2) is 8.36. The van der Waals surface area contributed by atoms with Crippen LogP contribution in [0, 0.1) is 5.82 Å². The number of rotatable bonds is 5. The van der Waals surface area contributed by atoms with E-state index in [-0.39, 0.29) is 5.82 Å². The van der Waals surface area contributed by atoms with Gasteiger partial charge in [-0.1, -0.05) is 18.2 Å². The van der Waals surface area contributed by atoms with Gasteiger partial charge in [0, 0.05) is 46.5 Å². The summed E-state index contributed by atoms with van der Waals surface area (Å²) >= 11 is 0. The molecule has 35 heavy (non-hydrogen) atoms. The first-order chi connectivity index (χ1) is 17.0. The van der Waals surface area contributed by atoms with Crippen LogP contribution in [0.3, 0.4) is 0 Å². The van der Waals surface area contributed by atoms with Gasteiger partial charge in [0.05, 0.1) is 28.6 Å². The minimum Gasteiger partial charge on any atom is -0.382 e. The Balaban J connectivity index is 1.45. The summed E-state index contributed by atoms with van der Waals surface area (Å²) in [6, 6.07) is 17.3. The molecule has 7 heteroatoms. The average molecular weight is 463 g/mol. The smallest absolute Gasteiger partial charge is 0.123 e. The summed E-state index contributed by atoms with van der Waals surface area (Å²) in [5, 5.41) is 13.1. The van der Waals surface area contributed by atoms with E-state index >= 15 is 0 Å². The van der Waals surface area contributed by atoms with Crippen molar-refractivity contribution in [2.24, 2.45) is 0 Å². The van der Waals surface area contributed by atoms with Crippen molar-refractivity contribution >= 4 is 27.5 Å². The molecule has 0 unspecified atom stereocenters. The molecule has 3 N–H and O–H groups in total. The van der Waals surface area contributed by atoms with Crippen LogP contribution in [0.5, 0.6) is 0 Å². The van der Waals surface area contributed by atoms with E-state index in [9.17, 15) is 4.39 Å². The standard InChI is InChI=1S/C28H23FN6/c1-16(2)32-21-9-19(12-30-13-21)17-6-7-25-23(10-17)28(35-34-25)26-11-22-24(14-31-15-27(22)33-26)18-4-3-5-20(29)8-18/h3-16,32-33H,1-2H3,(H,34,35). The van der Waals surface area contributed by atoms with E-state index in [1.807, 2.05) is 30.6 Å². The second-order valence-electron chi connectivity index (χ2n) is 8.94. The zero-order chi connectivity index (χ0) is 23.9. The van der Waals surface area contributed by atoms with Crippen LogP contribution < -0.4 is 5.32 Å². The maximum atomic E-state index is 13.9. The van der Waals surface area contributed by atoms with Gasteiger partial charge in [-0.3, -0.25) is 15.1 Å². The zero-order valence-electron chi connectivity index (χ0n) is 19.3. The van der Waals surface area contributed by atoms with E-state index < -0.39 is 0 Å². The number of H-pyrrole nitrogens is 2. The molecule has 0 bridgehead atoms. The summed E-state index contributed by atoms with van der Waals surface area (Å²) in [5.74, 6) is -0.275. The number of halogens is 1. The lowest BCUT2D eigenvalue weighted by atomic mass is 10.0. The Hall–Kier alpha value is -4.52. The van der Waals surface area contributed by atoms with Crippen LogP contribution in [0.2, 0.25) is 0 Å². The highest BCUT2D eigenvalue weighted by atomic mass is 19.1. The number of hydrogen-bond donors (Lipinski definition) is 3. The Labute approximate surface area is 201 Å². The highest BCUT2D eigenvalue weighted by Crippen LogP contribution is 2.35. The molecule has 0 aliphatic heterocycles. The first-order valence-corrected chi connectivity index (χ1v) is 11.5. The normalized spacial score (nSPS) is 11.5. The third-order valence-electron chi connectivity index (χ3n) is 6.03. The molecule has 2 aromatic carbocycles. The lowest BCUT2D eigenvalue weighted by Crippen LogP contribution is -2.09. The highest BCUT2D eigenvalue weighted by Gasteiger charge is 2.15. The Bertz CT molecular complexity index is 1680. The fourth-order valence-corrected chi connectivity index (χ4v) is 4.47. The molecule has 6 nitrogen and oxygen atoms in total. The van der Waals surface area contributed by atoms with Crippen LogP contribution in [0.25, 0.3) is 55.4 Å². The molecule has 0 saturated heterocycles. The summed E-state index contributed by atoms with van der Waals surface area (Å²) < 4.78 is 13.9. The summed E-state index contributed by atoms with van der Waals surface area (Å²) in [6.45, 7) is 4.21. The maximum Gasteiger partial charge on any atom is 0.123 e. The van der Waals surface area contributed by atoms with Gasteiger partial charge in [-0.2, -0.15) is 5.10 Å². The van der Waals surface area contributed by atoms with Gasteiger partial charge in [-0.05, 0) is 61.4 Å². The molecular weight excluding hydrogens is 439 g/mol. The number of nitrogens with zero attached hydrogens (tertiary/aromatic N) is 3. The number of nitrogens with one attached hydrogen (secondary N) is 3. The Morgan fingerprint density at radius 3 is 2.54 bits per heavy atom. The third kappa shape index (κ3) is 3.91. The molecule has 172 valence electrons. The summed E-state index contributed by atoms with van der Waals surface area (Å²) in [4.78, 5) is 12.2. The number of aromatic nitrogens is 5. The molecule has 6 aromatic rings. The predicted octanol–water partition coefficient (Wildman–Crippen LogP) is 6.79. The van der Waals surface area contributed by atoms with Crippen molar-refractivity contribution < 1.29 is 4.39 Å². The monoisotopic (exact) mass is 462 g/mol. The van der Waals surface area contributed by atoms with Crippen molar-refractivity contribution in [1.82, 2.24) is 25.1 Å². The SMILES string of the molecule is CC(C)Nc1cncc(-c2ccc3[nH]nc(-c4cc5c(-c6cccc(F)c6)cncc5[nH]4)c3c2)c1. The van der Waals surface area contributed by atoms with E-state index in [4.69, 9.17) is 0 Å². The molecule has 0 aliphatic carbocycles. The molecule has 4 heterocycles. The van der Waals surface area contributed by atoms with Crippen molar-refractivity contribution in [3.05, 3.63) is 85.2 Å². The van der Waals surface area contributed by atoms with E-state index in [1.54, 1.807) is 18.5 Å². The fraction of sp³-hybridized carbons (Fsp3) is 0.107. The second-order valence-corrected chi connectivity index (χ2v) is 8.94. The van der Waals surface area contributed by atoms with Crippen LogP contribution in [0.1, 0.15) is 13.8 Å². The van der Waals surface area contributed by atoms with E-state index in [2.05, 4.69) is 62.5 Å². The van der Waals surface area contributed by atoms with Gasteiger partial charge in [0.2, 0.25) is 0 Å². The Morgan fingerprint density at radius 2 is 1.69 bits per heavy atom. The molecule has 0 radical (unpaired) electrons. The predicted molar refractivity (Wildman–Crippen MR) is 139 cm³/mol. The maximum absolute atomic E-state index is 13.9. The summed E-state index contributed by atoms with van der Waals surface area (Å²) in [7, 11) is 0. The molecule has 0 aliphatic rings. The quantitative estimate of drug-likeness (QED) is 0.263. The number of aromatic amines is 2. The number of benzene rings is 2. The third-order valence-corrected chi connectivity index (χ3v) is 6.03. The van der Waals surface area contributed by atoms with Crippen molar-refractivity contribution in [2.75, 3.05) is 5.32 Å². The van der Waals surface area contributed by atoms with Gasteiger partial charge in [-0.15, -0.1) is 0 Å². The number of pyridine rings is 2. The minimum absolute atomic E-state index is 0.275. The molecule has 0 atom stereocenters. The Kier molecular flexibility index (Phi) is 5.03. The molecular formula is C28H23FN6. The van der Waals surface area contributed by atoms with Gasteiger partial charge < -0.3 is 10.3 Å². The minimum atomic E-state index is -0.275. The molecule has 6 rings (SSSR count). The van der Waals surface area contributed by atoms with Gasteiger partial charge in [0.1, 0.15) is 11.5 Å². The fourth-order valence-electron chi connectivity index (χ4n) is 4.47. The molecule has 0 saturated carbocycles. The largest absolute Gasteiger partial charge is 0.382 e. The van der Waals surface area contributed by atoms with Crippen LogP contribution in [-0.2, 0) is 0 Å². The van der Waals surface area contributed by atoms with E-state index in [1.165, 1.54) is 12.1 Å². The molecule has 4 aromatic heterocycles. The first kappa shape index (κ1) is 21.0. The molecule has 0 spiro atoms. The zero-order valence-corrected chi connectivity index (χ0v) is 19.3. The van der Waals surface area contributed by atoms with Gasteiger partial charge in [-0.25, -0.2) is 4.39 Å². The molecule has 0 amide bonds. The van der Waals surface area contributed by atoms with Crippen molar-refractivity contribution in [3.8, 4) is 33.6 Å². The lowest BCUT2D eigenvalue weighted by molar-refractivity contribution is 0.628. The summed E-state index contributed by atoms with van der Waals surface area (Å²) in [6.07, 6.45) is 7.24. The van der Waals surface area contributed by atoms with Crippen LogP contribution in [0.4, 0.5) is 10.1 Å². The lowest BCUT2D eigenvalue weighted by Gasteiger charge is -2.11. The van der Waals surface area contributed by atoms with Gasteiger partial charge in [0.25, 0.3) is 0 Å². The number of hydrogen-bond acceptors (Lipinski definition) is 4. The molecule has 0 fully saturated rings. The van der Waals surface area contributed by atoms with Crippen LogP contribution in [0.15, 0.2) is 79.4 Å². The summed E-state index contributed by atoms with van der Waals surface area (Å²) in [5.41, 5.74) is 8.20. The van der Waals surface area contributed by atoms with E-state index in [0.29, 0.717) is 6.04 Å². The number of fused-ring (bicyclic) bond motifs is 2. The van der Waals surface area contributed by atoms with Crippen molar-refractivity contribution in [2.45, 2.75) is 19.9 Å². The van der Waals surface area contributed by atoms with Gasteiger partial charge >= 0.3 is 0 Å². The van der Waals surface area contributed by atoms with Gasteiger partial charge in [0.15, 0.2) is 0 Å². The number of anilines is 1. The topological polar surface area (TPSA) is 82.3 Å². The van der Waals surface area contributed by atoms with Crippen molar-refractivity contribution in [1.29, 1.82) is 0 Å². The van der Waals surface area contributed by atoms with Crippen LogP contribution >= 0.6 is 0 Å². The van der Waals surface area contributed by atoms with Crippen LogP contribution in [-0.4, -0.2) is 31.2 Å². The Morgan fingerprint density at radius 1 is 0.800 bits per heavy atom. The average Bonchev–Trinajstić information content (AvgIpc) is 3.47. The van der Waals surface area contributed by atoms with E-state index in [0.717, 1.165) is 61.1 Å².